The zero-order valence-electron chi connectivity index (χ0n) is 6.39. The molecule has 0 unspecified atom stereocenters. The van der Waals surface area contributed by atoms with Crippen molar-refractivity contribution in [2.45, 2.75) is 0 Å². The Morgan fingerprint density at radius 1 is 1.46 bits per heavy atom. The van der Waals surface area contributed by atoms with Crippen molar-refractivity contribution in [3.8, 4) is 11.5 Å². The Bertz CT molecular complexity index is 527. The maximum Gasteiger partial charge on any atom is 0.337 e. The number of aromatic amines is 1. The SMILES string of the molecule is O=c1nc2n(O)cccc-2[nH]c1=O. The Hall–Kier alpha value is -2.11. The molecule has 2 aliphatic rings. The third kappa shape index (κ3) is 1.08. The third-order valence-corrected chi connectivity index (χ3v) is 1.60. The van der Waals surface area contributed by atoms with E-state index in [4.69, 9.17) is 0 Å². The summed E-state index contributed by atoms with van der Waals surface area (Å²) in [4.78, 5) is 27.3. The first-order chi connectivity index (χ1) is 6.18. The Labute approximate surface area is 71.4 Å². The first-order valence-corrected chi connectivity index (χ1v) is 3.49. The van der Waals surface area contributed by atoms with Crippen LogP contribution in [-0.2, 0) is 0 Å². The molecule has 0 aromatic carbocycles. The number of pyridine rings is 1. The van der Waals surface area contributed by atoms with E-state index in [1.807, 2.05) is 0 Å². The van der Waals surface area contributed by atoms with Crippen molar-refractivity contribution in [1.82, 2.24) is 14.7 Å². The minimum absolute atomic E-state index is 0.0344. The molecule has 2 N–H and O–H groups in total. The highest BCUT2D eigenvalue weighted by atomic mass is 16.5. The molecule has 13 heavy (non-hydrogen) atoms. The van der Waals surface area contributed by atoms with E-state index < -0.39 is 11.1 Å². The average Bonchev–Trinajstić information content (AvgIpc) is 2.09. The average molecular weight is 179 g/mol. The van der Waals surface area contributed by atoms with Gasteiger partial charge in [-0.1, -0.05) is 0 Å². The maximum absolute atomic E-state index is 10.8. The van der Waals surface area contributed by atoms with Gasteiger partial charge in [-0.15, -0.1) is 0 Å². The van der Waals surface area contributed by atoms with E-state index in [1.165, 1.54) is 18.3 Å². The van der Waals surface area contributed by atoms with Crippen molar-refractivity contribution in [3.63, 3.8) is 0 Å². The van der Waals surface area contributed by atoms with Crippen LogP contribution in [-0.4, -0.2) is 19.9 Å². The molecule has 0 saturated carbocycles. The minimum atomic E-state index is -0.915. The van der Waals surface area contributed by atoms with Crippen molar-refractivity contribution in [1.29, 1.82) is 0 Å². The Morgan fingerprint density at radius 2 is 2.23 bits per heavy atom. The molecule has 0 amide bonds. The van der Waals surface area contributed by atoms with Crippen molar-refractivity contribution in [2.75, 3.05) is 0 Å². The molecule has 6 nitrogen and oxygen atoms in total. The highest BCUT2D eigenvalue weighted by Crippen LogP contribution is 2.09. The smallest absolute Gasteiger partial charge is 0.337 e. The summed E-state index contributed by atoms with van der Waals surface area (Å²) in [6.07, 6.45) is 1.31. The number of hydrogen-bond acceptors (Lipinski definition) is 4. The lowest BCUT2D eigenvalue weighted by atomic mass is 10.3. The topological polar surface area (TPSA) is 88.0 Å². The second-order valence-corrected chi connectivity index (χ2v) is 2.46. The summed E-state index contributed by atoms with van der Waals surface area (Å²) in [5, 5.41) is 9.18. The second-order valence-electron chi connectivity index (χ2n) is 2.46. The van der Waals surface area contributed by atoms with Crippen LogP contribution in [0.4, 0.5) is 0 Å². The van der Waals surface area contributed by atoms with Crippen molar-refractivity contribution in [3.05, 3.63) is 39.0 Å². The van der Waals surface area contributed by atoms with E-state index in [0.29, 0.717) is 10.4 Å². The highest BCUT2D eigenvalue weighted by molar-refractivity contribution is 5.48. The van der Waals surface area contributed by atoms with Crippen molar-refractivity contribution < 1.29 is 5.21 Å². The molecule has 0 bridgehead atoms. The van der Waals surface area contributed by atoms with E-state index in [0.717, 1.165) is 0 Å². The van der Waals surface area contributed by atoms with Gasteiger partial charge in [0, 0.05) is 6.20 Å². The van der Waals surface area contributed by atoms with Crippen LogP contribution < -0.4 is 11.1 Å². The minimum Gasteiger partial charge on any atom is -0.427 e. The Morgan fingerprint density at radius 3 is 3.00 bits per heavy atom. The van der Waals surface area contributed by atoms with Gasteiger partial charge in [0.25, 0.3) is 0 Å². The summed E-state index contributed by atoms with van der Waals surface area (Å²) in [6, 6.07) is 3.06. The molecular weight excluding hydrogens is 174 g/mol. The zero-order valence-corrected chi connectivity index (χ0v) is 6.39. The van der Waals surface area contributed by atoms with Crippen LogP contribution in [0.5, 0.6) is 0 Å². The second kappa shape index (κ2) is 2.44. The fourth-order valence-corrected chi connectivity index (χ4v) is 1.02. The normalized spacial score (nSPS) is 10.5. The molecule has 2 rings (SSSR count). The molecule has 6 heteroatoms. The largest absolute Gasteiger partial charge is 0.427 e. The molecule has 66 valence electrons. The van der Waals surface area contributed by atoms with Gasteiger partial charge in [0.2, 0.25) is 0 Å². The van der Waals surface area contributed by atoms with Gasteiger partial charge in [-0.2, -0.15) is 9.71 Å². The lowest BCUT2D eigenvalue weighted by molar-refractivity contribution is 0.185. The molecule has 0 fully saturated rings. The lowest BCUT2D eigenvalue weighted by Gasteiger charge is -2.05. The maximum atomic E-state index is 10.8. The molecule has 0 saturated heterocycles. The molecule has 2 heterocycles. The fraction of sp³-hybridized carbons (Fsp3) is 0. The van der Waals surface area contributed by atoms with Crippen LogP contribution in [0.3, 0.4) is 0 Å². The monoisotopic (exact) mass is 179 g/mol. The molecule has 0 aromatic rings. The van der Waals surface area contributed by atoms with Gasteiger partial charge in [-0.25, -0.2) is 0 Å². The summed E-state index contributed by atoms with van der Waals surface area (Å²) in [5.41, 5.74) is -1.39. The molecule has 0 aromatic heterocycles. The van der Waals surface area contributed by atoms with E-state index in [1.54, 1.807) is 0 Å². The number of rotatable bonds is 0. The van der Waals surface area contributed by atoms with Crippen LogP contribution in [0.1, 0.15) is 0 Å². The molecule has 0 spiro atoms. The van der Waals surface area contributed by atoms with Crippen molar-refractivity contribution in [2.24, 2.45) is 0 Å². The van der Waals surface area contributed by atoms with E-state index in [9.17, 15) is 14.8 Å². The summed E-state index contributed by atoms with van der Waals surface area (Å²) >= 11 is 0. The van der Waals surface area contributed by atoms with Gasteiger partial charge in [0.15, 0.2) is 5.82 Å². The van der Waals surface area contributed by atoms with Gasteiger partial charge in [0.05, 0.1) is 5.69 Å². The van der Waals surface area contributed by atoms with Gasteiger partial charge >= 0.3 is 11.1 Å². The molecule has 0 atom stereocenters. The number of fused-ring (bicyclic) bond motifs is 1. The van der Waals surface area contributed by atoms with Gasteiger partial charge < -0.3 is 10.2 Å². The summed E-state index contributed by atoms with van der Waals surface area (Å²) in [6.45, 7) is 0. The van der Waals surface area contributed by atoms with E-state index >= 15 is 0 Å². The molecule has 2 aliphatic heterocycles. The standard InChI is InChI=1S/C7H5N3O3/c11-6-7(12)9-5-4(8-6)2-1-3-10(5)13/h1-3,13H,(H,8,11). The quantitative estimate of drug-likeness (QED) is 0.412. The van der Waals surface area contributed by atoms with Crippen LogP contribution in [0.15, 0.2) is 27.9 Å². The number of nitrogens with one attached hydrogen (secondary N) is 1. The van der Waals surface area contributed by atoms with Crippen LogP contribution >= 0.6 is 0 Å². The zero-order chi connectivity index (χ0) is 9.42. The third-order valence-electron chi connectivity index (χ3n) is 1.60. The molecular formula is C7H5N3O3. The first-order valence-electron chi connectivity index (χ1n) is 3.49. The first kappa shape index (κ1) is 7.53. The number of hydrogen-bond donors (Lipinski definition) is 2. The van der Waals surface area contributed by atoms with Crippen LogP contribution in [0.25, 0.3) is 11.5 Å². The summed E-state index contributed by atoms with van der Waals surface area (Å²) in [5.74, 6) is 0.0344. The van der Waals surface area contributed by atoms with Crippen LogP contribution in [0, 0.1) is 0 Å². The molecule has 0 radical (unpaired) electrons. The summed E-state index contributed by atoms with van der Waals surface area (Å²) in [7, 11) is 0. The lowest BCUT2D eigenvalue weighted by Crippen LogP contribution is -2.31. The van der Waals surface area contributed by atoms with Crippen molar-refractivity contribution >= 4 is 0 Å². The molecule has 0 aliphatic carbocycles. The highest BCUT2D eigenvalue weighted by Gasteiger charge is 2.09. The Kier molecular flexibility index (Phi) is 1.42. The van der Waals surface area contributed by atoms with Gasteiger partial charge in [0.1, 0.15) is 0 Å². The van der Waals surface area contributed by atoms with Crippen LogP contribution in [0.2, 0.25) is 0 Å². The fourth-order valence-electron chi connectivity index (χ4n) is 1.02. The predicted octanol–water partition coefficient (Wildman–Crippen LogP) is -0.726. The summed E-state index contributed by atoms with van der Waals surface area (Å²) < 4.78 is 0.673. The number of nitrogens with zero attached hydrogens (tertiary/aromatic N) is 2. The number of aromatic nitrogens is 3. The van der Waals surface area contributed by atoms with E-state index in [2.05, 4.69) is 9.97 Å². The van der Waals surface area contributed by atoms with Gasteiger partial charge in [-0.3, -0.25) is 9.59 Å². The Balaban J connectivity index is 2.97. The van der Waals surface area contributed by atoms with E-state index in [-0.39, 0.29) is 5.82 Å². The number of H-pyrrole nitrogens is 1. The van der Waals surface area contributed by atoms with Gasteiger partial charge in [-0.05, 0) is 12.1 Å². The predicted molar refractivity (Wildman–Crippen MR) is 42.9 cm³/mol.